The Kier molecular flexibility index (Phi) is 2.69. The van der Waals surface area contributed by atoms with E-state index in [0.717, 1.165) is 12.8 Å². The summed E-state index contributed by atoms with van der Waals surface area (Å²) in [6.07, 6.45) is 3.95. The molecule has 1 atom stereocenters. The fourth-order valence-corrected chi connectivity index (χ4v) is 2.16. The van der Waals surface area contributed by atoms with Gasteiger partial charge in [-0.1, -0.05) is 27.2 Å². The molecule has 1 saturated heterocycles. The minimum Gasteiger partial charge on any atom is -0.351 e. The van der Waals surface area contributed by atoms with E-state index in [1.165, 1.54) is 6.42 Å². The second-order valence-electron chi connectivity index (χ2n) is 5.30. The molecule has 1 heterocycles. The van der Waals surface area contributed by atoms with Crippen molar-refractivity contribution in [3.05, 3.63) is 0 Å². The topological polar surface area (TPSA) is 29.1 Å². The van der Waals surface area contributed by atoms with Gasteiger partial charge in [-0.3, -0.25) is 4.79 Å². The standard InChI is InChI=1S/C11H21NO/c1-5-10(2,3)8-11(4)7-6-9(13)12-11/h5-8H2,1-4H3,(H,12,13). The second-order valence-corrected chi connectivity index (χ2v) is 5.30. The second kappa shape index (κ2) is 3.32. The largest absolute Gasteiger partial charge is 0.351 e. The number of hydrogen-bond acceptors (Lipinski definition) is 1. The summed E-state index contributed by atoms with van der Waals surface area (Å²) in [5.74, 6) is 0.217. The summed E-state index contributed by atoms with van der Waals surface area (Å²) in [6.45, 7) is 8.90. The number of carbonyl (C=O) groups excluding carboxylic acids is 1. The van der Waals surface area contributed by atoms with Crippen molar-refractivity contribution in [2.75, 3.05) is 0 Å². The SMILES string of the molecule is CCC(C)(C)CC1(C)CCC(=O)N1. The molecule has 1 rings (SSSR count). The van der Waals surface area contributed by atoms with E-state index in [1.54, 1.807) is 0 Å². The van der Waals surface area contributed by atoms with Gasteiger partial charge in [0.15, 0.2) is 0 Å². The van der Waals surface area contributed by atoms with Crippen molar-refractivity contribution in [1.82, 2.24) is 5.32 Å². The van der Waals surface area contributed by atoms with Gasteiger partial charge in [0.25, 0.3) is 0 Å². The Morgan fingerprint density at radius 3 is 2.54 bits per heavy atom. The normalized spacial score (nSPS) is 29.1. The van der Waals surface area contributed by atoms with Gasteiger partial charge in [-0.15, -0.1) is 0 Å². The highest BCUT2D eigenvalue weighted by molar-refractivity contribution is 5.79. The Balaban J connectivity index is 2.57. The van der Waals surface area contributed by atoms with E-state index >= 15 is 0 Å². The monoisotopic (exact) mass is 183 g/mol. The summed E-state index contributed by atoms with van der Waals surface area (Å²) in [4.78, 5) is 11.1. The van der Waals surface area contributed by atoms with E-state index in [-0.39, 0.29) is 11.4 Å². The van der Waals surface area contributed by atoms with Crippen molar-refractivity contribution < 1.29 is 4.79 Å². The average molecular weight is 183 g/mol. The Morgan fingerprint density at radius 2 is 2.15 bits per heavy atom. The Hall–Kier alpha value is -0.530. The maximum absolute atomic E-state index is 11.1. The molecule has 1 N–H and O–H groups in total. The summed E-state index contributed by atoms with van der Waals surface area (Å²) < 4.78 is 0. The summed E-state index contributed by atoms with van der Waals surface area (Å²) in [5.41, 5.74) is 0.392. The third-order valence-electron chi connectivity index (χ3n) is 3.17. The predicted octanol–water partition coefficient (Wildman–Crippen LogP) is 2.48. The van der Waals surface area contributed by atoms with Crippen molar-refractivity contribution >= 4 is 5.91 Å². The summed E-state index contributed by atoms with van der Waals surface area (Å²) in [6, 6.07) is 0. The first-order valence-corrected chi connectivity index (χ1v) is 5.18. The van der Waals surface area contributed by atoms with Gasteiger partial charge < -0.3 is 5.32 Å². The van der Waals surface area contributed by atoms with Gasteiger partial charge in [-0.2, -0.15) is 0 Å². The number of nitrogens with one attached hydrogen (secondary N) is 1. The van der Waals surface area contributed by atoms with Crippen LogP contribution in [0.15, 0.2) is 0 Å². The van der Waals surface area contributed by atoms with Crippen molar-refractivity contribution in [2.24, 2.45) is 5.41 Å². The lowest BCUT2D eigenvalue weighted by Crippen LogP contribution is -2.42. The lowest BCUT2D eigenvalue weighted by atomic mass is 9.77. The van der Waals surface area contributed by atoms with Crippen LogP contribution in [-0.4, -0.2) is 11.4 Å². The molecule has 2 heteroatoms. The Morgan fingerprint density at radius 1 is 1.54 bits per heavy atom. The fourth-order valence-electron chi connectivity index (χ4n) is 2.16. The van der Waals surface area contributed by atoms with Crippen LogP contribution in [0.1, 0.15) is 53.4 Å². The molecule has 0 aromatic carbocycles. The molecule has 1 aliphatic heterocycles. The number of carbonyl (C=O) groups is 1. The van der Waals surface area contributed by atoms with E-state index in [9.17, 15) is 4.79 Å². The zero-order valence-electron chi connectivity index (χ0n) is 9.24. The number of hydrogen-bond donors (Lipinski definition) is 1. The summed E-state index contributed by atoms with van der Waals surface area (Å²) in [5, 5.41) is 3.08. The number of amides is 1. The van der Waals surface area contributed by atoms with Crippen LogP contribution in [0.4, 0.5) is 0 Å². The van der Waals surface area contributed by atoms with Gasteiger partial charge in [0.1, 0.15) is 0 Å². The van der Waals surface area contributed by atoms with Crippen LogP contribution in [0.5, 0.6) is 0 Å². The lowest BCUT2D eigenvalue weighted by Gasteiger charge is -2.34. The Bertz CT molecular complexity index is 210. The predicted molar refractivity (Wildman–Crippen MR) is 54.5 cm³/mol. The first-order chi connectivity index (χ1) is 5.87. The molecule has 0 spiro atoms. The quantitative estimate of drug-likeness (QED) is 0.715. The van der Waals surface area contributed by atoms with Crippen LogP contribution in [0.3, 0.4) is 0 Å². The Labute approximate surface area is 81.1 Å². The van der Waals surface area contributed by atoms with Gasteiger partial charge in [0.2, 0.25) is 5.91 Å². The molecule has 1 aliphatic rings. The molecule has 1 amide bonds. The minimum absolute atomic E-state index is 0.0522. The molecule has 2 nitrogen and oxygen atoms in total. The fraction of sp³-hybridized carbons (Fsp3) is 0.909. The minimum atomic E-state index is 0.0522. The van der Waals surface area contributed by atoms with Gasteiger partial charge >= 0.3 is 0 Å². The highest BCUT2D eigenvalue weighted by Crippen LogP contribution is 2.35. The van der Waals surface area contributed by atoms with E-state index in [0.29, 0.717) is 11.8 Å². The average Bonchev–Trinajstić information content (AvgIpc) is 2.30. The molecule has 0 radical (unpaired) electrons. The van der Waals surface area contributed by atoms with Crippen molar-refractivity contribution in [3.63, 3.8) is 0 Å². The van der Waals surface area contributed by atoms with Gasteiger partial charge in [0.05, 0.1) is 0 Å². The smallest absolute Gasteiger partial charge is 0.220 e. The molecule has 0 aromatic heterocycles. The van der Waals surface area contributed by atoms with Crippen molar-refractivity contribution in [1.29, 1.82) is 0 Å². The highest BCUT2D eigenvalue weighted by Gasteiger charge is 2.37. The van der Waals surface area contributed by atoms with Gasteiger partial charge in [-0.05, 0) is 25.2 Å². The molecule has 1 unspecified atom stereocenters. The molecule has 0 bridgehead atoms. The zero-order valence-corrected chi connectivity index (χ0v) is 9.24. The van der Waals surface area contributed by atoms with Crippen LogP contribution in [0.2, 0.25) is 0 Å². The molecule has 0 saturated carbocycles. The van der Waals surface area contributed by atoms with Crippen LogP contribution >= 0.6 is 0 Å². The molecule has 1 fully saturated rings. The van der Waals surface area contributed by atoms with E-state index in [4.69, 9.17) is 0 Å². The molecular formula is C11H21NO. The zero-order chi connectivity index (χ0) is 10.1. The van der Waals surface area contributed by atoms with Crippen molar-refractivity contribution in [3.8, 4) is 0 Å². The summed E-state index contributed by atoms with van der Waals surface area (Å²) in [7, 11) is 0. The first-order valence-electron chi connectivity index (χ1n) is 5.18. The maximum Gasteiger partial charge on any atom is 0.220 e. The third kappa shape index (κ3) is 2.71. The van der Waals surface area contributed by atoms with Gasteiger partial charge in [0, 0.05) is 12.0 Å². The molecule has 76 valence electrons. The molecule has 0 aliphatic carbocycles. The molecule has 13 heavy (non-hydrogen) atoms. The van der Waals surface area contributed by atoms with E-state index < -0.39 is 0 Å². The molecule has 0 aromatic rings. The van der Waals surface area contributed by atoms with Gasteiger partial charge in [-0.25, -0.2) is 0 Å². The lowest BCUT2D eigenvalue weighted by molar-refractivity contribution is -0.119. The highest BCUT2D eigenvalue weighted by atomic mass is 16.2. The maximum atomic E-state index is 11.1. The first kappa shape index (κ1) is 10.6. The van der Waals surface area contributed by atoms with Crippen LogP contribution in [-0.2, 0) is 4.79 Å². The van der Waals surface area contributed by atoms with Crippen molar-refractivity contribution in [2.45, 2.75) is 58.9 Å². The number of rotatable bonds is 3. The summed E-state index contributed by atoms with van der Waals surface area (Å²) >= 11 is 0. The third-order valence-corrected chi connectivity index (χ3v) is 3.17. The van der Waals surface area contributed by atoms with Crippen LogP contribution in [0, 0.1) is 5.41 Å². The van der Waals surface area contributed by atoms with Crippen LogP contribution < -0.4 is 5.32 Å². The van der Waals surface area contributed by atoms with Crippen LogP contribution in [0.25, 0.3) is 0 Å². The molecular weight excluding hydrogens is 162 g/mol. The van der Waals surface area contributed by atoms with E-state index in [1.807, 2.05) is 0 Å². The van der Waals surface area contributed by atoms with E-state index in [2.05, 4.69) is 33.0 Å².